The largest absolute Gasteiger partial charge is 0.478 e. The minimum Gasteiger partial charge on any atom is -0.478 e. The van der Waals surface area contributed by atoms with E-state index in [0.29, 0.717) is 46.6 Å². The van der Waals surface area contributed by atoms with E-state index < -0.39 is 5.97 Å². The number of carbonyl (C=O) groups excluding carboxylic acids is 1. The number of carboxylic acids is 1. The molecule has 0 bridgehead atoms. The van der Waals surface area contributed by atoms with Crippen molar-refractivity contribution in [2.24, 2.45) is 57.2 Å². The van der Waals surface area contributed by atoms with Crippen molar-refractivity contribution in [2.75, 3.05) is 0 Å². The van der Waals surface area contributed by atoms with Gasteiger partial charge in [0.05, 0.1) is 5.56 Å². The molecular formula is C44H52O3. The molecule has 5 aliphatic rings. The van der Waals surface area contributed by atoms with Crippen molar-refractivity contribution in [2.45, 2.75) is 92.4 Å². The van der Waals surface area contributed by atoms with Crippen molar-refractivity contribution in [3.63, 3.8) is 0 Å². The lowest BCUT2D eigenvalue weighted by molar-refractivity contribution is -0.215. The van der Waals surface area contributed by atoms with Crippen LogP contribution in [0, 0.1) is 69.0 Å². The Morgan fingerprint density at radius 1 is 0.915 bits per heavy atom. The third kappa shape index (κ3) is 4.68. The first-order valence-electron chi connectivity index (χ1n) is 18.2. The summed E-state index contributed by atoms with van der Waals surface area (Å²) in [7, 11) is 0. The Morgan fingerprint density at radius 2 is 1.66 bits per heavy atom. The number of fused-ring (bicyclic) bond motifs is 7. The quantitative estimate of drug-likeness (QED) is 0.208. The van der Waals surface area contributed by atoms with Crippen LogP contribution in [0.2, 0.25) is 0 Å². The maximum absolute atomic E-state index is 11.8. The fourth-order valence-electron chi connectivity index (χ4n) is 12.7. The Bertz CT molecular complexity index is 1700. The number of carboxylic acid groups (broad SMARTS) is 1. The molecule has 2 aromatic carbocycles. The number of rotatable bonds is 4. The van der Waals surface area contributed by atoms with E-state index in [4.69, 9.17) is 0 Å². The second-order valence-electron chi connectivity index (χ2n) is 16.9. The molecule has 0 spiro atoms. The molecule has 246 valence electrons. The third-order valence-electron chi connectivity index (χ3n) is 15.3. The average Bonchev–Trinajstić information content (AvgIpc) is 3.44. The van der Waals surface area contributed by atoms with E-state index >= 15 is 0 Å². The van der Waals surface area contributed by atoms with Gasteiger partial charge in [-0.05, 0) is 146 Å². The summed E-state index contributed by atoms with van der Waals surface area (Å²) in [6, 6.07) is 15.3. The Labute approximate surface area is 282 Å². The van der Waals surface area contributed by atoms with Crippen LogP contribution < -0.4 is 0 Å². The molecule has 0 radical (unpaired) electrons. The van der Waals surface area contributed by atoms with E-state index in [-0.39, 0.29) is 21.7 Å². The minimum absolute atomic E-state index is 0.0126. The smallest absolute Gasteiger partial charge is 0.335 e. The van der Waals surface area contributed by atoms with Gasteiger partial charge in [-0.1, -0.05) is 88.1 Å². The SMILES string of the molecule is C=C(C)C1CCC2(C#Cc3ccccc3C=O)CC[C@]3(C)C(CCC4C5(C)CC=C(c6ccc(C(=O)O)cc6)C(C)C5CCC43C)C12. The number of carbonyl (C=O) groups is 2. The topological polar surface area (TPSA) is 54.4 Å². The van der Waals surface area contributed by atoms with Crippen molar-refractivity contribution < 1.29 is 14.7 Å². The molecule has 3 heteroatoms. The highest BCUT2D eigenvalue weighted by atomic mass is 16.4. The number of benzene rings is 2. The predicted molar refractivity (Wildman–Crippen MR) is 190 cm³/mol. The molecule has 0 heterocycles. The van der Waals surface area contributed by atoms with E-state index in [2.05, 4.69) is 59.1 Å². The molecule has 4 saturated carbocycles. The number of allylic oxidation sites excluding steroid dienone is 3. The maximum atomic E-state index is 11.8. The van der Waals surface area contributed by atoms with Crippen LogP contribution in [0.4, 0.5) is 0 Å². The molecule has 47 heavy (non-hydrogen) atoms. The number of aldehydes is 1. The van der Waals surface area contributed by atoms with Gasteiger partial charge in [0.1, 0.15) is 0 Å². The van der Waals surface area contributed by atoms with Crippen molar-refractivity contribution >= 4 is 17.8 Å². The first-order chi connectivity index (χ1) is 22.4. The van der Waals surface area contributed by atoms with Gasteiger partial charge in [-0.2, -0.15) is 0 Å². The van der Waals surface area contributed by atoms with Crippen LogP contribution in [0.25, 0.3) is 5.57 Å². The minimum atomic E-state index is -0.868. The van der Waals surface area contributed by atoms with Crippen molar-refractivity contribution in [3.8, 4) is 11.8 Å². The van der Waals surface area contributed by atoms with Crippen molar-refractivity contribution in [1.82, 2.24) is 0 Å². The van der Waals surface area contributed by atoms with Gasteiger partial charge in [-0.3, -0.25) is 4.79 Å². The van der Waals surface area contributed by atoms with Gasteiger partial charge in [0.25, 0.3) is 0 Å². The van der Waals surface area contributed by atoms with Crippen LogP contribution in [0.15, 0.2) is 66.8 Å². The van der Waals surface area contributed by atoms with E-state index in [9.17, 15) is 14.7 Å². The first-order valence-corrected chi connectivity index (χ1v) is 18.2. The predicted octanol–water partition coefficient (Wildman–Crippen LogP) is 10.5. The van der Waals surface area contributed by atoms with E-state index in [1.165, 1.54) is 55.2 Å². The van der Waals surface area contributed by atoms with Crippen LogP contribution in [0.1, 0.15) is 124 Å². The molecule has 7 rings (SSSR count). The lowest BCUT2D eigenvalue weighted by atomic mass is 9.33. The van der Waals surface area contributed by atoms with Gasteiger partial charge in [-0.25, -0.2) is 4.79 Å². The van der Waals surface area contributed by atoms with E-state index in [1.807, 2.05) is 36.4 Å². The summed E-state index contributed by atoms with van der Waals surface area (Å²) in [6.45, 7) is 17.2. The van der Waals surface area contributed by atoms with Gasteiger partial charge >= 0.3 is 5.97 Å². The number of aromatic carboxylic acids is 1. The summed E-state index contributed by atoms with van der Waals surface area (Å²) in [6.07, 6.45) is 14.3. The van der Waals surface area contributed by atoms with Crippen molar-refractivity contribution in [3.05, 3.63) is 89.0 Å². The maximum Gasteiger partial charge on any atom is 0.335 e. The zero-order valence-corrected chi connectivity index (χ0v) is 29.1. The summed E-state index contributed by atoms with van der Waals surface area (Å²) >= 11 is 0. The van der Waals surface area contributed by atoms with E-state index in [0.717, 1.165) is 31.1 Å². The second-order valence-corrected chi connectivity index (χ2v) is 16.9. The molecule has 4 fully saturated rings. The number of hydrogen-bond donors (Lipinski definition) is 1. The van der Waals surface area contributed by atoms with Crippen LogP contribution in [-0.2, 0) is 0 Å². The summed E-state index contributed by atoms with van der Waals surface area (Å²) in [4.78, 5) is 23.3. The second kappa shape index (κ2) is 11.4. The summed E-state index contributed by atoms with van der Waals surface area (Å²) in [5, 5.41) is 9.43. The van der Waals surface area contributed by atoms with Gasteiger partial charge in [0.15, 0.2) is 6.29 Å². The molecule has 0 amide bonds. The molecule has 0 aliphatic heterocycles. The van der Waals surface area contributed by atoms with Gasteiger partial charge < -0.3 is 5.11 Å². The Balaban J connectivity index is 1.22. The Kier molecular flexibility index (Phi) is 7.78. The highest BCUT2D eigenvalue weighted by molar-refractivity contribution is 5.88. The molecule has 10 atom stereocenters. The third-order valence-corrected chi connectivity index (χ3v) is 15.3. The van der Waals surface area contributed by atoms with E-state index in [1.54, 1.807) is 12.1 Å². The molecule has 3 nitrogen and oxygen atoms in total. The zero-order valence-electron chi connectivity index (χ0n) is 29.1. The summed E-state index contributed by atoms with van der Waals surface area (Å²) in [5.41, 5.74) is 6.57. The molecular weight excluding hydrogens is 576 g/mol. The fourth-order valence-corrected chi connectivity index (χ4v) is 12.7. The van der Waals surface area contributed by atoms with Gasteiger partial charge in [0, 0.05) is 16.5 Å². The Hall–Kier alpha value is -3.38. The normalized spacial score (nSPS) is 40.3. The van der Waals surface area contributed by atoms with Gasteiger partial charge in [0.2, 0.25) is 0 Å². The summed E-state index contributed by atoms with van der Waals surface area (Å²) < 4.78 is 0. The van der Waals surface area contributed by atoms with Gasteiger partial charge in [-0.15, -0.1) is 0 Å². The molecule has 0 aromatic heterocycles. The van der Waals surface area contributed by atoms with Crippen LogP contribution >= 0.6 is 0 Å². The first kappa shape index (κ1) is 32.2. The Morgan fingerprint density at radius 3 is 2.36 bits per heavy atom. The molecule has 5 aliphatic carbocycles. The summed E-state index contributed by atoms with van der Waals surface area (Å²) in [5.74, 6) is 9.99. The van der Waals surface area contributed by atoms with Crippen LogP contribution in [-0.4, -0.2) is 17.4 Å². The van der Waals surface area contributed by atoms with Crippen LogP contribution in [0.5, 0.6) is 0 Å². The van der Waals surface area contributed by atoms with Crippen molar-refractivity contribution in [1.29, 1.82) is 0 Å². The highest BCUT2D eigenvalue weighted by Gasteiger charge is 2.69. The standard InChI is InChI=1S/C44H52O3/c1-28(2)34-19-24-44(23-17-30-9-7-8-10-33(30)27-45)26-25-42(5)37(39(34)44)15-16-38-41(4)21-18-35(29(3)36(41)20-22-43(38,42)6)31-11-13-32(14-12-31)40(46)47/h7-14,18,27,29,34,36-39H,1,15-16,19-22,24-26H2,2-6H3,(H,46,47)/t29?,34?,36?,37?,38?,39?,41?,42-,43?,44?/m1/s1. The zero-order chi connectivity index (χ0) is 33.4. The lowest BCUT2D eigenvalue weighted by Gasteiger charge is -2.71. The monoisotopic (exact) mass is 628 g/mol. The molecule has 0 saturated heterocycles. The molecule has 2 aromatic rings. The lowest BCUT2D eigenvalue weighted by Crippen LogP contribution is -2.64. The fraction of sp³-hybridized carbons (Fsp3) is 0.545. The molecule has 9 unspecified atom stereocenters. The average molecular weight is 629 g/mol. The number of hydrogen-bond acceptors (Lipinski definition) is 2. The molecule has 1 N–H and O–H groups in total. The van der Waals surface area contributed by atoms with Crippen LogP contribution in [0.3, 0.4) is 0 Å². The highest BCUT2D eigenvalue weighted by Crippen LogP contribution is 2.76.